The summed E-state index contributed by atoms with van der Waals surface area (Å²) >= 11 is 0. The molecule has 2 aromatic heterocycles. The molecule has 152 valence electrons. The van der Waals surface area contributed by atoms with Crippen LogP contribution in [0.15, 0.2) is 34.9 Å². The number of carbonyl (C=O) groups excluding carboxylic acids is 1. The molecule has 1 amide bonds. The third kappa shape index (κ3) is 4.80. The van der Waals surface area contributed by atoms with Crippen LogP contribution < -0.4 is 10.6 Å². The molecular formula is C22H27N5O2. The van der Waals surface area contributed by atoms with Gasteiger partial charge in [0.25, 0.3) is 5.91 Å². The van der Waals surface area contributed by atoms with E-state index in [1.165, 1.54) is 0 Å². The van der Waals surface area contributed by atoms with Crippen molar-refractivity contribution in [1.82, 2.24) is 15.1 Å². The molecule has 0 aliphatic carbocycles. The molecule has 3 aromatic rings. The van der Waals surface area contributed by atoms with Crippen molar-refractivity contribution in [3.05, 3.63) is 58.6 Å². The summed E-state index contributed by atoms with van der Waals surface area (Å²) in [5.74, 6) is 1.75. The van der Waals surface area contributed by atoms with Gasteiger partial charge >= 0.3 is 0 Å². The molecule has 0 saturated heterocycles. The van der Waals surface area contributed by atoms with E-state index in [1.807, 2.05) is 13.0 Å². The minimum absolute atomic E-state index is 0.273. The van der Waals surface area contributed by atoms with Crippen LogP contribution in [0.1, 0.15) is 72.6 Å². The van der Waals surface area contributed by atoms with Gasteiger partial charge in [-0.3, -0.25) is 4.79 Å². The molecular weight excluding hydrogens is 366 g/mol. The third-order valence-corrected chi connectivity index (χ3v) is 4.57. The largest absolute Gasteiger partial charge is 0.360 e. The molecule has 0 saturated carbocycles. The normalized spacial score (nSPS) is 11.2. The highest BCUT2D eigenvalue weighted by Crippen LogP contribution is 2.32. The molecule has 0 atom stereocenters. The molecule has 0 fully saturated rings. The molecule has 0 spiro atoms. The van der Waals surface area contributed by atoms with Crippen molar-refractivity contribution in [3.63, 3.8) is 0 Å². The quantitative estimate of drug-likeness (QED) is 0.588. The number of amides is 1. The maximum Gasteiger partial charge on any atom is 0.274 e. The number of nitrogens with zero attached hydrogens (tertiary/aromatic N) is 3. The minimum Gasteiger partial charge on any atom is -0.360 e. The van der Waals surface area contributed by atoms with E-state index in [-0.39, 0.29) is 23.4 Å². The number of aromatic nitrogens is 3. The molecule has 3 rings (SSSR count). The molecule has 0 aliphatic rings. The molecule has 7 heteroatoms. The van der Waals surface area contributed by atoms with Crippen molar-refractivity contribution in [2.45, 2.75) is 53.4 Å². The Bertz CT molecular complexity index is 998. The van der Waals surface area contributed by atoms with Crippen molar-refractivity contribution in [2.24, 2.45) is 0 Å². The summed E-state index contributed by atoms with van der Waals surface area (Å²) in [6.45, 7) is 12.1. The number of anilines is 3. The summed E-state index contributed by atoms with van der Waals surface area (Å²) in [4.78, 5) is 21.8. The van der Waals surface area contributed by atoms with Crippen LogP contribution in [-0.2, 0) is 0 Å². The van der Waals surface area contributed by atoms with Crippen LogP contribution in [-0.4, -0.2) is 21.0 Å². The summed E-state index contributed by atoms with van der Waals surface area (Å²) in [6.07, 6.45) is 0. The Hall–Kier alpha value is -3.22. The number of carbonyl (C=O) groups is 1. The Labute approximate surface area is 170 Å². The highest BCUT2D eigenvalue weighted by atomic mass is 16.5. The van der Waals surface area contributed by atoms with Gasteiger partial charge in [0.05, 0.1) is 0 Å². The second-order valence-corrected chi connectivity index (χ2v) is 7.74. The maximum absolute atomic E-state index is 13.1. The maximum atomic E-state index is 13.1. The molecule has 2 heterocycles. The lowest BCUT2D eigenvalue weighted by molar-refractivity contribution is 0.102. The third-order valence-electron chi connectivity index (χ3n) is 4.57. The first kappa shape index (κ1) is 20.5. The van der Waals surface area contributed by atoms with Crippen molar-refractivity contribution >= 4 is 23.4 Å². The lowest BCUT2D eigenvalue weighted by Crippen LogP contribution is -2.18. The smallest absolute Gasteiger partial charge is 0.274 e. The number of nitrogens with one attached hydrogen (secondary N) is 2. The molecule has 0 radical (unpaired) electrons. The summed E-state index contributed by atoms with van der Waals surface area (Å²) in [5, 5.41) is 9.94. The number of benzene rings is 1. The Morgan fingerprint density at radius 2 is 1.66 bits per heavy atom. The van der Waals surface area contributed by atoms with Gasteiger partial charge in [-0.1, -0.05) is 51.1 Å². The fourth-order valence-corrected chi connectivity index (χ4v) is 3.15. The van der Waals surface area contributed by atoms with Gasteiger partial charge in [0.15, 0.2) is 5.82 Å². The van der Waals surface area contributed by atoms with E-state index in [9.17, 15) is 4.79 Å². The average Bonchev–Trinajstić information content (AvgIpc) is 3.05. The zero-order valence-electron chi connectivity index (χ0n) is 17.7. The van der Waals surface area contributed by atoms with Gasteiger partial charge < -0.3 is 15.2 Å². The Kier molecular flexibility index (Phi) is 5.96. The second kappa shape index (κ2) is 8.43. The molecule has 0 bridgehead atoms. The molecule has 0 aliphatic heterocycles. The van der Waals surface area contributed by atoms with Crippen molar-refractivity contribution < 1.29 is 9.32 Å². The number of hydrogen-bond donors (Lipinski definition) is 2. The summed E-state index contributed by atoms with van der Waals surface area (Å²) in [6, 6.07) is 9.55. The van der Waals surface area contributed by atoms with Gasteiger partial charge in [0.1, 0.15) is 11.5 Å². The predicted octanol–water partition coefficient (Wildman–Crippen LogP) is 5.32. The molecule has 7 nitrogen and oxygen atoms in total. The zero-order chi connectivity index (χ0) is 21.1. The van der Waals surface area contributed by atoms with Gasteiger partial charge in [-0.15, -0.1) is 0 Å². The van der Waals surface area contributed by atoms with E-state index in [0.717, 1.165) is 16.8 Å². The lowest BCUT2D eigenvalue weighted by Gasteiger charge is -2.20. The van der Waals surface area contributed by atoms with Gasteiger partial charge in [0.2, 0.25) is 5.95 Å². The fourth-order valence-electron chi connectivity index (χ4n) is 3.15. The van der Waals surface area contributed by atoms with E-state index < -0.39 is 0 Å². The summed E-state index contributed by atoms with van der Waals surface area (Å²) in [7, 11) is 0. The van der Waals surface area contributed by atoms with Gasteiger partial charge in [-0.2, -0.15) is 0 Å². The van der Waals surface area contributed by atoms with Crippen molar-refractivity contribution in [1.29, 1.82) is 0 Å². The fraction of sp³-hybridized carbons (Fsp3) is 0.364. The zero-order valence-corrected chi connectivity index (χ0v) is 17.7. The van der Waals surface area contributed by atoms with E-state index in [1.54, 1.807) is 19.1 Å². The van der Waals surface area contributed by atoms with Crippen LogP contribution in [0.3, 0.4) is 0 Å². The first-order chi connectivity index (χ1) is 13.7. The SMILES string of the molecule is Cc1cc(C(=O)Nc2c(C(C)C)cccc2C(C)C)nc(Nc2cc(C)on2)n1. The highest BCUT2D eigenvalue weighted by molar-refractivity contribution is 6.04. The lowest BCUT2D eigenvalue weighted by atomic mass is 9.92. The first-order valence-corrected chi connectivity index (χ1v) is 9.74. The van der Waals surface area contributed by atoms with E-state index in [0.29, 0.717) is 23.2 Å². The van der Waals surface area contributed by atoms with Crippen molar-refractivity contribution in [2.75, 3.05) is 10.6 Å². The predicted molar refractivity (Wildman–Crippen MR) is 114 cm³/mol. The topological polar surface area (TPSA) is 92.9 Å². The summed E-state index contributed by atoms with van der Waals surface area (Å²) in [5.41, 5.74) is 4.03. The first-order valence-electron chi connectivity index (χ1n) is 9.74. The van der Waals surface area contributed by atoms with Gasteiger partial charge in [-0.05, 0) is 42.9 Å². The van der Waals surface area contributed by atoms with Gasteiger partial charge in [0, 0.05) is 17.4 Å². The molecule has 2 N–H and O–H groups in total. The van der Waals surface area contributed by atoms with E-state index >= 15 is 0 Å². The van der Waals surface area contributed by atoms with Crippen LogP contribution in [0.25, 0.3) is 0 Å². The molecule has 29 heavy (non-hydrogen) atoms. The monoisotopic (exact) mass is 393 g/mol. The molecule has 1 aromatic carbocycles. The highest BCUT2D eigenvalue weighted by Gasteiger charge is 2.18. The van der Waals surface area contributed by atoms with Gasteiger partial charge in [-0.25, -0.2) is 9.97 Å². The average molecular weight is 393 g/mol. The minimum atomic E-state index is -0.273. The van der Waals surface area contributed by atoms with Crippen LogP contribution >= 0.6 is 0 Å². The van der Waals surface area contributed by atoms with E-state index in [4.69, 9.17) is 4.52 Å². The van der Waals surface area contributed by atoms with Crippen LogP contribution in [0.4, 0.5) is 17.5 Å². The van der Waals surface area contributed by atoms with Crippen LogP contribution in [0, 0.1) is 13.8 Å². The Morgan fingerprint density at radius 1 is 1.00 bits per heavy atom. The number of rotatable bonds is 6. The number of para-hydroxylation sites is 1. The number of aryl methyl sites for hydroxylation is 2. The van der Waals surface area contributed by atoms with E-state index in [2.05, 4.69) is 65.6 Å². The number of hydrogen-bond acceptors (Lipinski definition) is 6. The Balaban J connectivity index is 1.92. The van der Waals surface area contributed by atoms with Crippen molar-refractivity contribution in [3.8, 4) is 0 Å². The Morgan fingerprint density at radius 3 is 2.21 bits per heavy atom. The molecule has 0 unspecified atom stereocenters. The standard InChI is InChI=1S/C22H27N5O2/c1-12(2)16-8-7-9-17(13(3)4)20(16)26-21(28)18-10-14(5)23-22(24-18)25-19-11-15(6)29-27-19/h7-13H,1-6H3,(H,26,28)(H,23,24,25,27). The van der Waals surface area contributed by atoms with Crippen LogP contribution in [0.5, 0.6) is 0 Å². The van der Waals surface area contributed by atoms with Crippen LogP contribution in [0.2, 0.25) is 0 Å². The summed E-state index contributed by atoms with van der Waals surface area (Å²) < 4.78 is 5.05. The second-order valence-electron chi connectivity index (χ2n) is 7.74.